The van der Waals surface area contributed by atoms with Crippen LogP contribution in [0.2, 0.25) is 51.4 Å². The summed E-state index contributed by atoms with van der Waals surface area (Å²) in [4.78, 5) is 4.31. The van der Waals surface area contributed by atoms with Crippen molar-refractivity contribution in [2.45, 2.75) is 68.9 Å². The molecule has 9 nitrogen and oxygen atoms in total. The fraction of sp³-hybridized carbons (Fsp3) is 0.516. The number of anilines is 1. The van der Waals surface area contributed by atoms with E-state index in [1.165, 1.54) is 34.1 Å². The number of pyridine rings is 1. The largest absolute Gasteiger partial charge is 0.495 e. The molecule has 1 N–H and O–H groups in total. The molecule has 0 fully saturated rings. The Morgan fingerprint density at radius 2 is 1.64 bits per heavy atom. The molecule has 0 amide bonds. The number of halogens is 4. The van der Waals surface area contributed by atoms with Gasteiger partial charge in [0.2, 0.25) is 10.0 Å². The molecular weight excluding hydrogens is 734 g/mol. The molecule has 0 spiro atoms. The predicted octanol–water partition coefficient (Wildman–Crippen LogP) is 7.29. The second kappa shape index (κ2) is 16.3. The van der Waals surface area contributed by atoms with E-state index in [0.29, 0.717) is 29.0 Å². The van der Waals surface area contributed by atoms with Crippen LogP contribution in [0, 0.1) is 11.8 Å². The van der Waals surface area contributed by atoms with Gasteiger partial charge in [0.15, 0.2) is 5.65 Å². The molecule has 2 aromatic heterocycles. The molecule has 260 valence electrons. The van der Waals surface area contributed by atoms with Crippen molar-refractivity contribution in [3.8, 4) is 17.6 Å². The van der Waals surface area contributed by atoms with Crippen molar-refractivity contribution in [2.75, 3.05) is 45.6 Å². The summed E-state index contributed by atoms with van der Waals surface area (Å²) < 4.78 is 87.7. The number of fused-ring (bicyclic) bond motifs is 1. The number of alkyl halides is 3. The van der Waals surface area contributed by atoms with E-state index in [2.05, 4.69) is 77.4 Å². The van der Waals surface area contributed by atoms with Gasteiger partial charge in [-0.3, -0.25) is 0 Å². The minimum Gasteiger partial charge on any atom is -0.495 e. The lowest BCUT2D eigenvalue weighted by molar-refractivity contribution is -0.128. The number of aromatic nitrogens is 2. The van der Waals surface area contributed by atoms with E-state index in [-0.39, 0.29) is 42.0 Å². The van der Waals surface area contributed by atoms with E-state index in [9.17, 15) is 21.6 Å². The Labute approximate surface area is 286 Å². The molecule has 0 unspecified atom stereocenters. The molecule has 2 heterocycles. The fourth-order valence-electron chi connectivity index (χ4n) is 4.20. The lowest BCUT2D eigenvalue weighted by atomic mass is 10.2. The zero-order valence-electron chi connectivity index (χ0n) is 27.9. The van der Waals surface area contributed by atoms with Crippen LogP contribution in [0.1, 0.15) is 11.4 Å². The van der Waals surface area contributed by atoms with Crippen LogP contribution >= 0.6 is 15.9 Å². The average Bonchev–Trinajstić information content (AvgIpc) is 3.30. The lowest BCUT2D eigenvalue weighted by Crippen LogP contribution is -2.36. The van der Waals surface area contributed by atoms with Crippen molar-refractivity contribution in [3.63, 3.8) is 0 Å². The number of ether oxygens (including phenoxy) is 3. The standard InChI is InChI=1S/C31H44BrF3N4O5SSi2/c1-42-29-20-24(45(40,41)38(22-43-16-18-46(2,3)4)23-44-17-19-47(5,6)7)12-13-27(29)36-14-8-11-26-28(21-31(33,34)35)39-15-9-10-25(32)30(39)37-26/h9-10,12-13,15,20,36H,14,16-19,21-23H2,1-7H3. The number of imidazole rings is 1. The van der Waals surface area contributed by atoms with Crippen molar-refractivity contribution in [2.24, 2.45) is 0 Å². The fourth-order valence-corrected chi connectivity index (χ4v) is 7.37. The van der Waals surface area contributed by atoms with E-state index >= 15 is 0 Å². The summed E-state index contributed by atoms with van der Waals surface area (Å²) >= 11 is 3.33. The van der Waals surface area contributed by atoms with Crippen LogP contribution in [-0.2, 0) is 25.9 Å². The molecule has 3 rings (SSSR count). The smallest absolute Gasteiger partial charge is 0.394 e. The average molecular weight is 778 g/mol. The first-order valence-electron chi connectivity index (χ1n) is 15.1. The number of benzene rings is 1. The first-order chi connectivity index (χ1) is 21.8. The van der Waals surface area contributed by atoms with Gasteiger partial charge in [-0.2, -0.15) is 13.2 Å². The van der Waals surface area contributed by atoms with Gasteiger partial charge >= 0.3 is 6.18 Å². The van der Waals surface area contributed by atoms with Crippen LogP contribution in [0.3, 0.4) is 0 Å². The summed E-state index contributed by atoms with van der Waals surface area (Å²) in [6.07, 6.45) is -4.12. The highest BCUT2D eigenvalue weighted by molar-refractivity contribution is 9.10. The monoisotopic (exact) mass is 776 g/mol. The number of hydrogen-bond donors (Lipinski definition) is 1. The Morgan fingerprint density at radius 3 is 2.19 bits per heavy atom. The predicted molar refractivity (Wildman–Crippen MR) is 188 cm³/mol. The topological polar surface area (TPSA) is 94.4 Å². The van der Waals surface area contributed by atoms with Gasteiger partial charge in [-0.1, -0.05) is 45.2 Å². The molecule has 1 aromatic carbocycles. The van der Waals surface area contributed by atoms with E-state index in [0.717, 1.165) is 12.1 Å². The first kappa shape index (κ1) is 39.0. The van der Waals surface area contributed by atoms with Crippen molar-refractivity contribution >= 4 is 53.4 Å². The number of sulfonamides is 1. The quantitative estimate of drug-likeness (QED) is 0.0707. The Hall–Kier alpha value is -2.40. The van der Waals surface area contributed by atoms with E-state index in [1.807, 2.05) is 0 Å². The van der Waals surface area contributed by atoms with E-state index in [4.69, 9.17) is 14.2 Å². The van der Waals surface area contributed by atoms with Gasteiger partial charge < -0.3 is 23.9 Å². The highest BCUT2D eigenvalue weighted by atomic mass is 79.9. The van der Waals surface area contributed by atoms with Gasteiger partial charge in [-0.05, 0) is 58.2 Å². The minimum atomic E-state index is -4.45. The second-order valence-corrected chi connectivity index (χ2v) is 27.5. The molecule has 0 aliphatic heterocycles. The van der Waals surface area contributed by atoms with Gasteiger partial charge in [-0.15, -0.1) is 4.31 Å². The maximum absolute atomic E-state index is 13.7. The summed E-state index contributed by atoms with van der Waals surface area (Å²) in [6.45, 7) is 14.0. The Morgan fingerprint density at radius 1 is 1.02 bits per heavy atom. The summed E-state index contributed by atoms with van der Waals surface area (Å²) in [6, 6.07) is 9.52. The SMILES string of the molecule is COc1cc(S(=O)(=O)N(COCC[Si](C)(C)C)COCC[Si](C)(C)C)ccc1NCC#Cc1nc2c(Br)cccn2c1CC(F)(F)F. The van der Waals surface area contributed by atoms with Crippen LogP contribution < -0.4 is 10.1 Å². The maximum Gasteiger partial charge on any atom is 0.394 e. The number of nitrogens with zero attached hydrogens (tertiary/aromatic N) is 3. The number of methoxy groups -OCH3 is 1. The van der Waals surface area contributed by atoms with Crippen molar-refractivity contribution in [1.29, 1.82) is 0 Å². The van der Waals surface area contributed by atoms with Crippen LogP contribution in [0.5, 0.6) is 5.75 Å². The van der Waals surface area contributed by atoms with Crippen LogP contribution in [-0.4, -0.2) is 84.8 Å². The first-order valence-corrected chi connectivity index (χ1v) is 24.7. The lowest BCUT2D eigenvalue weighted by Gasteiger charge is -2.24. The third-order valence-corrected chi connectivity index (χ3v) is 12.7. The van der Waals surface area contributed by atoms with Crippen LogP contribution in [0.15, 0.2) is 45.9 Å². The molecule has 0 aliphatic carbocycles. The van der Waals surface area contributed by atoms with Gasteiger partial charge in [-0.25, -0.2) is 13.4 Å². The Kier molecular flexibility index (Phi) is 13.6. The molecule has 47 heavy (non-hydrogen) atoms. The second-order valence-electron chi connectivity index (χ2n) is 13.4. The molecule has 0 saturated carbocycles. The van der Waals surface area contributed by atoms with Gasteiger partial charge in [0, 0.05) is 41.6 Å². The third kappa shape index (κ3) is 12.2. The molecule has 3 aromatic rings. The molecule has 0 radical (unpaired) electrons. The Bertz CT molecular complexity index is 1660. The molecular formula is C31H44BrF3N4O5SSi2. The summed E-state index contributed by atoms with van der Waals surface area (Å²) in [5.41, 5.74) is 0.744. The number of rotatable bonds is 16. The normalized spacial score (nSPS) is 12.8. The summed E-state index contributed by atoms with van der Waals surface area (Å²) in [5, 5.41) is 3.05. The van der Waals surface area contributed by atoms with Crippen molar-refractivity contribution in [1.82, 2.24) is 13.7 Å². The van der Waals surface area contributed by atoms with E-state index in [1.54, 1.807) is 18.2 Å². The van der Waals surface area contributed by atoms with E-state index < -0.39 is 38.8 Å². The minimum absolute atomic E-state index is 0.000599. The zero-order chi connectivity index (χ0) is 35.0. The van der Waals surface area contributed by atoms with Gasteiger partial charge in [0.25, 0.3) is 0 Å². The molecule has 16 heteroatoms. The van der Waals surface area contributed by atoms with Gasteiger partial charge in [0.05, 0.1) is 40.8 Å². The van der Waals surface area contributed by atoms with Crippen molar-refractivity contribution < 1.29 is 35.8 Å². The van der Waals surface area contributed by atoms with Gasteiger partial charge in [0.1, 0.15) is 24.9 Å². The summed E-state index contributed by atoms with van der Waals surface area (Å²) in [7, 11) is -5.34. The molecule has 0 bridgehead atoms. The molecule has 0 saturated heterocycles. The zero-order valence-corrected chi connectivity index (χ0v) is 32.3. The molecule has 0 atom stereocenters. The Balaban J connectivity index is 1.78. The van der Waals surface area contributed by atoms with Crippen LogP contribution in [0.4, 0.5) is 18.9 Å². The van der Waals surface area contributed by atoms with Crippen molar-refractivity contribution in [3.05, 3.63) is 52.4 Å². The summed E-state index contributed by atoms with van der Waals surface area (Å²) in [5.74, 6) is 5.82. The van der Waals surface area contributed by atoms with Crippen LogP contribution in [0.25, 0.3) is 5.65 Å². The number of nitrogens with one attached hydrogen (secondary N) is 1. The molecule has 0 aliphatic rings. The highest BCUT2D eigenvalue weighted by Gasteiger charge is 2.31. The third-order valence-electron chi connectivity index (χ3n) is 6.92. The highest BCUT2D eigenvalue weighted by Crippen LogP contribution is 2.30. The maximum atomic E-state index is 13.7. The number of hydrogen-bond acceptors (Lipinski definition) is 7.